The van der Waals surface area contributed by atoms with E-state index in [0.29, 0.717) is 11.1 Å². The molecule has 0 aliphatic rings. The minimum absolute atomic E-state index is 0.0869. The zero-order valence-electron chi connectivity index (χ0n) is 7.54. The van der Waals surface area contributed by atoms with Gasteiger partial charge >= 0.3 is 0 Å². The first kappa shape index (κ1) is 10.7. The number of rotatable bonds is 2. The van der Waals surface area contributed by atoms with E-state index in [4.69, 9.17) is 5.26 Å². The number of nitriles is 1. The topological polar surface area (TPSA) is 61.1 Å². The van der Waals surface area contributed by atoms with Crippen LogP contribution >= 0.6 is 15.9 Å². The van der Waals surface area contributed by atoms with E-state index in [1.165, 1.54) is 12.1 Å². The van der Waals surface area contributed by atoms with Crippen molar-refractivity contribution in [3.63, 3.8) is 0 Å². The number of carbonyl (C=O) groups is 1. The summed E-state index contributed by atoms with van der Waals surface area (Å²) in [7, 11) is 0. The number of alkyl halides is 1. The summed E-state index contributed by atoms with van der Waals surface area (Å²) in [5.74, 6) is -0.185. The third-order valence-corrected chi connectivity index (χ3v) is 2.49. The fourth-order valence-electron chi connectivity index (χ4n) is 1.21. The van der Waals surface area contributed by atoms with Crippen LogP contribution < -0.4 is 0 Å². The maximum Gasteiger partial charge on any atom is 0.173 e. The Hall–Kier alpha value is -1.34. The van der Waals surface area contributed by atoms with Gasteiger partial charge in [-0.3, -0.25) is 4.79 Å². The van der Waals surface area contributed by atoms with Crippen molar-refractivity contribution in [1.82, 2.24) is 0 Å². The molecule has 0 aromatic heterocycles. The van der Waals surface area contributed by atoms with E-state index < -0.39 is 0 Å². The van der Waals surface area contributed by atoms with Crippen molar-refractivity contribution >= 4 is 21.7 Å². The van der Waals surface area contributed by atoms with Gasteiger partial charge in [0.05, 0.1) is 10.9 Å². The summed E-state index contributed by atoms with van der Waals surface area (Å²) in [5, 5.41) is 18.3. The number of phenolic OH excluding ortho intramolecular Hbond substituents is 1. The van der Waals surface area contributed by atoms with Crippen LogP contribution in [-0.2, 0) is 0 Å². The van der Waals surface area contributed by atoms with Crippen molar-refractivity contribution < 1.29 is 9.90 Å². The molecule has 4 heteroatoms. The van der Waals surface area contributed by atoms with Gasteiger partial charge in [-0.1, -0.05) is 15.9 Å². The summed E-state index contributed by atoms with van der Waals surface area (Å²) in [6.45, 7) is 1.65. The highest BCUT2D eigenvalue weighted by Gasteiger charge is 2.13. The van der Waals surface area contributed by atoms with E-state index in [2.05, 4.69) is 15.9 Å². The van der Waals surface area contributed by atoms with Gasteiger partial charge in [-0.25, -0.2) is 0 Å². The highest BCUT2D eigenvalue weighted by molar-refractivity contribution is 9.09. The molecule has 0 aliphatic heterocycles. The highest BCUT2D eigenvalue weighted by atomic mass is 79.9. The van der Waals surface area contributed by atoms with Crippen LogP contribution in [0.5, 0.6) is 5.75 Å². The van der Waals surface area contributed by atoms with E-state index in [9.17, 15) is 9.90 Å². The van der Waals surface area contributed by atoms with E-state index in [1.54, 1.807) is 6.92 Å². The average Bonchev–Trinajstić information content (AvgIpc) is 2.18. The Bertz CT molecular complexity index is 421. The molecule has 0 fully saturated rings. The second kappa shape index (κ2) is 4.25. The Morgan fingerprint density at radius 2 is 2.29 bits per heavy atom. The van der Waals surface area contributed by atoms with Crippen LogP contribution in [0.2, 0.25) is 0 Å². The molecule has 0 saturated heterocycles. The Morgan fingerprint density at radius 1 is 1.64 bits per heavy atom. The molecule has 0 heterocycles. The summed E-state index contributed by atoms with van der Waals surface area (Å²) >= 11 is 3.06. The number of Topliss-reactive ketones (excluding diaryl/α,β-unsaturated/α-hetero) is 1. The van der Waals surface area contributed by atoms with Crippen LogP contribution in [0.15, 0.2) is 12.1 Å². The van der Waals surface area contributed by atoms with Crippen LogP contribution in [0.1, 0.15) is 21.5 Å². The van der Waals surface area contributed by atoms with Gasteiger partial charge in [0.1, 0.15) is 11.8 Å². The Kier molecular flexibility index (Phi) is 3.26. The quantitative estimate of drug-likeness (QED) is 0.649. The molecule has 0 spiro atoms. The Labute approximate surface area is 90.1 Å². The van der Waals surface area contributed by atoms with E-state index in [0.717, 1.165) is 0 Å². The Balaban J connectivity index is 3.37. The largest absolute Gasteiger partial charge is 0.507 e. The number of nitrogens with zero attached hydrogens (tertiary/aromatic N) is 1. The molecule has 0 atom stereocenters. The van der Waals surface area contributed by atoms with Crippen molar-refractivity contribution in [3.8, 4) is 11.8 Å². The molecule has 1 rings (SSSR count). The maximum absolute atomic E-state index is 11.4. The van der Waals surface area contributed by atoms with Gasteiger partial charge < -0.3 is 5.11 Å². The molecule has 0 amide bonds. The third kappa shape index (κ3) is 1.78. The molecule has 0 unspecified atom stereocenters. The molecule has 1 aromatic rings. The molecule has 72 valence electrons. The van der Waals surface area contributed by atoms with Gasteiger partial charge in [0.15, 0.2) is 5.78 Å². The molecule has 0 radical (unpaired) electrons. The first-order chi connectivity index (χ1) is 6.61. The molecule has 14 heavy (non-hydrogen) atoms. The lowest BCUT2D eigenvalue weighted by molar-refractivity contribution is 0.102. The first-order valence-electron chi connectivity index (χ1n) is 3.93. The third-order valence-electron chi connectivity index (χ3n) is 1.98. The normalized spacial score (nSPS) is 9.50. The molecule has 0 aliphatic carbocycles. The number of hydrogen-bond acceptors (Lipinski definition) is 3. The fourth-order valence-corrected chi connectivity index (χ4v) is 1.51. The minimum Gasteiger partial charge on any atom is -0.507 e. The van der Waals surface area contributed by atoms with Crippen molar-refractivity contribution in [1.29, 1.82) is 5.26 Å². The second-order valence-corrected chi connectivity index (χ2v) is 3.36. The zero-order valence-corrected chi connectivity index (χ0v) is 9.13. The molecule has 1 aromatic carbocycles. The second-order valence-electron chi connectivity index (χ2n) is 2.80. The van der Waals surface area contributed by atoms with Crippen LogP contribution in [0.4, 0.5) is 0 Å². The van der Waals surface area contributed by atoms with Gasteiger partial charge in [-0.05, 0) is 24.6 Å². The summed E-state index contributed by atoms with van der Waals surface area (Å²) in [4.78, 5) is 11.4. The number of ketones is 1. The van der Waals surface area contributed by atoms with Gasteiger partial charge in [-0.2, -0.15) is 5.26 Å². The van der Waals surface area contributed by atoms with Crippen LogP contribution in [0.3, 0.4) is 0 Å². The number of benzene rings is 1. The maximum atomic E-state index is 11.4. The minimum atomic E-state index is -0.0981. The van der Waals surface area contributed by atoms with Gasteiger partial charge in [-0.15, -0.1) is 0 Å². The lowest BCUT2D eigenvalue weighted by Gasteiger charge is -2.05. The van der Waals surface area contributed by atoms with Gasteiger partial charge in [0.2, 0.25) is 0 Å². The number of carbonyl (C=O) groups excluding carboxylic acids is 1. The predicted molar refractivity (Wildman–Crippen MR) is 55.7 cm³/mol. The smallest absolute Gasteiger partial charge is 0.173 e. The number of halogens is 1. The van der Waals surface area contributed by atoms with E-state index >= 15 is 0 Å². The Morgan fingerprint density at radius 3 is 2.79 bits per heavy atom. The van der Waals surface area contributed by atoms with Crippen LogP contribution in [0, 0.1) is 18.3 Å². The van der Waals surface area contributed by atoms with E-state index in [-0.39, 0.29) is 22.4 Å². The van der Waals surface area contributed by atoms with Gasteiger partial charge in [0.25, 0.3) is 0 Å². The monoisotopic (exact) mass is 253 g/mol. The molecular weight excluding hydrogens is 246 g/mol. The summed E-state index contributed by atoms with van der Waals surface area (Å²) in [6, 6.07) is 4.75. The number of aromatic hydroxyl groups is 1. The number of phenols is 1. The van der Waals surface area contributed by atoms with Crippen LogP contribution in [-0.4, -0.2) is 16.2 Å². The summed E-state index contributed by atoms with van der Waals surface area (Å²) < 4.78 is 0. The first-order valence-corrected chi connectivity index (χ1v) is 5.05. The predicted octanol–water partition coefficient (Wildman–Crippen LogP) is 2.15. The van der Waals surface area contributed by atoms with Gasteiger partial charge in [0, 0.05) is 5.56 Å². The standard InChI is InChI=1S/C10H8BrNO2/c1-6-7(10(14)4-11)2-3-9(13)8(6)5-12/h2-3,13H,4H2,1H3. The fraction of sp³-hybridized carbons (Fsp3) is 0.200. The molecule has 1 N–H and O–H groups in total. The van der Waals surface area contributed by atoms with E-state index in [1.807, 2.05) is 6.07 Å². The number of hydrogen-bond donors (Lipinski definition) is 1. The lowest BCUT2D eigenvalue weighted by atomic mass is 10.00. The lowest BCUT2D eigenvalue weighted by Crippen LogP contribution is -2.04. The van der Waals surface area contributed by atoms with Crippen molar-refractivity contribution in [3.05, 3.63) is 28.8 Å². The van der Waals surface area contributed by atoms with Crippen molar-refractivity contribution in [2.75, 3.05) is 5.33 Å². The SMILES string of the molecule is Cc1c(C(=O)CBr)ccc(O)c1C#N. The van der Waals surface area contributed by atoms with Crippen molar-refractivity contribution in [2.45, 2.75) is 6.92 Å². The molecule has 3 nitrogen and oxygen atoms in total. The summed E-state index contributed by atoms with van der Waals surface area (Å²) in [5.41, 5.74) is 1.16. The van der Waals surface area contributed by atoms with Crippen molar-refractivity contribution in [2.24, 2.45) is 0 Å². The average molecular weight is 254 g/mol. The molecule has 0 bridgehead atoms. The highest BCUT2D eigenvalue weighted by Crippen LogP contribution is 2.23. The summed E-state index contributed by atoms with van der Waals surface area (Å²) in [6.07, 6.45) is 0. The zero-order chi connectivity index (χ0) is 10.7. The molecular formula is C10H8BrNO2. The van der Waals surface area contributed by atoms with Crippen LogP contribution in [0.25, 0.3) is 0 Å². The molecule has 0 saturated carbocycles.